The molecule has 1 unspecified atom stereocenters. The molecule has 10 heteroatoms. The Kier molecular flexibility index (Phi) is 8.93. The second kappa shape index (κ2) is 13.4. The van der Waals surface area contributed by atoms with Crippen LogP contribution in [0.4, 0.5) is 0 Å². The first-order valence-electron chi connectivity index (χ1n) is 15.2. The van der Waals surface area contributed by atoms with Gasteiger partial charge in [0.2, 0.25) is 11.8 Å². The van der Waals surface area contributed by atoms with Gasteiger partial charge in [0.15, 0.2) is 5.78 Å². The van der Waals surface area contributed by atoms with Crippen molar-refractivity contribution < 1.29 is 28.7 Å². The number of rotatable bonds is 11. The third kappa shape index (κ3) is 6.61. The molecule has 2 aliphatic rings. The highest BCUT2D eigenvalue weighted by Gasteiger charge is 2.38. The van der Waals surface area contributed by atoms with Crippen LogP contribution in [0.5, 0.6) is 5.75 Å². The fraction of sp³-hybridized carbons (Fsp3) is 0.314. The molecule has 10 nitrogen and oxygen atoms in total. The van der Waals surface area contributed by atoms with Crippen molar-refractivity contribution in [3.8, 4) is 5.75 Å². The van der Waals surface area contributed by atoms with Crippen LogP contribution in [0.1, 0.15) is 40.0 Å². The predicted molar refractivity (Wildman–Crippen MR) is 167 cm³/mol. The van der Waals surface area contributed by atoms with E-state index in [-0.39, 0.29) is 50.2 Å². The number of nitrogens with one attached hydrogen (secondary N) is 3. The van der Waals surface area contributed by atoms with Gasteiger partial charge in [0.25, 0.3) is 5.91 Å². The number of ether oxygens (including phenoxy) is 2. The molecule has 3 amide bonds. The van der Waals surface area contributed by atoms with Crippen molar-refractivity contribution in [2.24, 2.45) is 5.92 Å². The Labute approximate surface area is 261 Å². The molecule has 1 fully saturated rings. The Hall–Kier alpha value is -4.96. The minimum Gasteiger partial charge on any atom is -0.496 e. The topological polar surface area (TPSA) is 130 Å². The largest absolute Gasteiger partial charge is 0.496 e. The van der Waals surface area contributed by atoms with Crippen molar-refractivity contribution >= 4 is 34.4 Å². The summed E-state index contributed by atoms with van der Waals surface area (Å²) in [6.07, 6.45) is 1.02. The van der Waals surface area contributed by atoms with Gasteiger partial charge in [0.05, 0.1) is 19.8 Å². The van der Waals surface area contributed by atoms with E-state index in [1.54, 1.807) is 18.1 Å². The molecular weight excluding hydrogens is 572 g/mol. The number of hydrogen-bond donors (Lipinski definition) is 3. The van der Waals surface area contributed by atoms with Crippen LogP contribution in [-0.2, 0) is 38.7 Å². The van der Waals surface area contributed by atoms with Crippen LogP contribution in [0.25, 0.3) is 10.9 Å². The van der Waals surface area contributed by atoms with Crippen molar-refractivity contribution in [1.29, 1.82) is 0 Å². The SMILES string of the molecule is COc1cccc2[nH]c(C(=O)N3Cc4ccccc4C[C@H]3C(=O)NC(C[C@@H]3CCNC3=O)C(=O)COCc3ccccc3)cc12. The summed E-state index contributed by atoms with van der Waals surface area (Å²) in [4.78, 5) is 58.8. The summed E-state index contributed by atoms with van der Waals surface area (Å²) in [5.74, 6) is -1.02. The van der Waals surface area contributed by atoms with E-state index < -0.39 is 23.9 Å². The van der Waals surface area contributed by atoms with E-state index in [4.69, 9.17) is 9.47 Å². The van der Waals surface area contributed by atoms with Gasteiger partial charge in [0.1, 0.15) is 24.1 Å². The second-order valence-electron chi connectivity index (χ2n) is 11.5. The van der Waals surface area contributed by atoms with Crippen LogP contribution in [-0.4, -0.2) is 65.7 Å². The number of H-pyrrole nitrogens is 1. The maximum atomic E-state index is 14.1. The summed E-state index contributed by atoms with van der Waals surface area (Å²) in [6.45, 7) is 0.776. The van der Waals surface area contributed by atoms with E-state index in [2.05, 4.69) is 15.6 Å². The van der Waals surface area contributed by atoms with Crippen molar-refractivity contribution in [2.45, 2.75) is 44.5 Å². The number of benzene rings is 3. The van der Waals surface area contributed by atoms with E-state index in [0.717, 1.165) is 27.6 Å². The molecule has 1 aromatic heterocycles. The van der Waals surface area contributed by atoms with Gasteiger partial charge in [-0.2, -0.15) is 0 Å². The molecule has 3 heterocycles. The van der Waals surface area contributed by atoms with E-state index in [1.165, 1.54) is 0 Å². The lowest BCUT2D eigenvalue weighted by Crippen LogP contribution is -2.56. The van der Waals surface area contributed by atoms with Crippen LogP contribution < -0.4 is 15.4 Å². The van der Waals surface area contributed by atoms with Crippen LogP contribution in [0.15, 0.2) is 78.9 Å². The lowest BCUT2D eigenvalue weighted by molar-refractivity contribution is -0.134. The molecule has 3 N–H and O–H groups in total. The highest BCUT2D eigenvalue weighted by atomic mass is 16.5. The van der Waals surface area contributed by atoms with Gasteiger partial charge in [0, 0.05) is 36.3 Å². The molecule has 0 aliphatic carbocycles. The Morgan fingerprint density at radius 2 is 1.78 bits per heavy atom. The van der Waals surface area contributed by atoms with Crippen LogP contribution in [0.2, 0.25) is 0 Å². The molecule has 1 saturated heterocycles. The molecular formula is C35H36N4O6. The smallest absolute Gasteiger partial charge is 0.271 e. The van der Waals surface area contributed by atoms with Gasteiger partial charge in [-0.25, -0.2) is 0 Å². The third-order valence-corrected chi connectivity index (χ3v) is 8.63. The van der Waals surface area contributed by atoms with E-state index >= 15 is 0 Å². The number of ketones is 1. The van der Waals surface area contributed by atoms with Crippen LogP contribution in [0.3, 0.4) is 0 Å². The molecule has 45 heavy (non-hydrogen) atoms. The van der Waals surface area contributed by atoms with E-state index in [9.17, 15) is 19.2 Å². The number of fused-ring (bicyclic) bond motifs is 2. The third-order valence-electron chi connectivity index (χ3n) is 8.63. The normalized spacial score (nSPS) is 18.2. The standard InChI is InChI=1S/C35H36N4O6/c1-44-32-13-7-12-27-26(32)18-29(37-27)35(43)39-19-25-11-6-5-10-23(25)17-30(39)34(42)38-28(16-24-14-15-36-33(24)41)31(40)21-45-20-22-8-3-2-4-9-22/h2-13,18,24,28,30,37H,14-17,19-21H2,1H3,(H,36,41)(H,38,42)/t24-,28?,30-/m0/s1. The molecule has 3 aromatic carbocycles. The summed E-state index contributed by atoms with van der Waals surface area (Å²) in [5.41, 5.74) is 3.91. The molecule has 0 radical (unpaired) electrons. The van der Waals surface area contributed by atoms with Crippen molar-refractivity contribution in [2.75, 3.05) is 20.3 Å². The number of carbonyl (C=O) groups is 4. The molecule has 0 bridgehead atoms. The van der Waals surface area contributed by atoms with Crippen molar-refractivity contribution in [3.63, 3.8) is 0 Å². The summed E-state index contributed by atoms with van der Waals surface area (Å²) in [7, 11) is 1.57. The van der Waals surface area contributed by atoms with Crippen LogP contribution in [0, 0.1) is 5.92 Å². The Morgan fingerprint density at radius 3 is 2.53 bits per heavy atom. The minimum atomic E-state index is -0.950. The number of nitrogens with zero attached hydrogens (tertiary/aromatic N) is 1. The molecule has 4 aromatic rings. The quantitative estimate of drug-likeness (QED) is 0.239. The second-order valence-corrected chi connectivity index (χ2v) is 11.5. The molecule has 0 saturated carbocycles. The molecule has 6 rings (SSSR count). The first-order valence-corrected chi connectivity index (χ1v) is 15.2. The van der Waals surface area contributed by atoms with Gasteiger partial charge >= 0.3 is 0 Å². The minimum absolute atomic E-state index is 0.134. The molecule has 0 spiro atoms. The Bertz CT molecular complexity index is 1720. The number of amides is 3. The number of aromatic nitrogens is 1. The van der Waals surface area contributed by atoms with Gasteiger partial charge in [-0.15, -0.1) is 0 Å². The van der Waals surface area contributed by atoms with E-state index in [0.29, 0.717) is 24.4 Å². The number of carbonyl (C=O) groups excluding carboxylic acids is 4. The molecule has 232 valence electrons. The zero-order valence-electron chi connectivity index (χ0n) is 25.1. The number of Topliss-reactive ketones (excluding diaryl/α,β-unsaturated/α-hetero) is 1. The van der Waals surface area contributed by atoms with Gasteiger partial charge in [-0.3, -0.25) is 19.2 Å². The van der Waals surface area contributed by atoms with Crippen molar-refractivity contribution in [3.05, 3.63) is 101 Å². The zero-order valence-corrected chi connectivity index (χ0v) is 25.1. The summed E-state index contributed by atoms with van der Waals surface area (Å²) < 4.78 is 11.2. The van der Waals surface area contributed by atoms with Gasteiger partial charge < -0.3 is 30.0 Å². The Balaban J connectivity index is 1.24. The zero-order chi connectivity index (χ0) is 31.3. The maximum absolute atomic E-state index is 14.1. The lowest BCUT2D eigenvalue weighted by Gasteiger charge is -2.36. The first kappa shape index (κ1) is 30.1. The Morgan fingerprint density at radius 1 is 1.00 bits per heavy atom. The van der Waals surface area contributed by atoms with Gasteiger partial charge in [-0.1, -0.05) is 60.7 Å². The number of methoxy groups -OCH3 is 1. The summed E-state index contributed by atoms with van der Waals surface area (Å²) in [6, 6.07) is 22.7. The monoisotopic (exact) mass is 608 g/mol. The predicted octanol–water partition coefficient (Wildman–Crippen LogP) is 3.54. The summed E-state index contributed by atoms with van der Waals surface area (Å²) in [5, 5.41) is 6.49. The lowest BCUT2D eigenvalue weighted by atomic mass is 9.92. The summed E-state index contributed by atoms with van der Waals surface area (Å²) >= 11 is 0. The maximum Gasteiger partial charge on any atom is 0.271 e. The fourth-order valence-electron chi connectivity index (χ4n) is 6.18. The van der Waals surface area contributed by atoms with Crippen molar-refractivity contribution in [1.82, 2.24) is 20.5 Å². The average molecular weight is 609 g/mol. The van der Waals surface area contributed by atoms with Crippen LogP contribution >= 0.6 is 0 Å². The molecule has 3 atom stereocenters. The van der Waals surface area contributed by atoms with Gasteiger partial charge in [-0.05, 0) is 47.7 Å². The number of aromatic amines is 1. The fourth-order valence-corrected chi connectivity index (χ4v) is 6.18. The van der Waals surface area contributed by atoms with E-state index in [1.807, 2.05) is 72.8 Å². The highest BCUT2D eigenvalue weighted by Crippen LogP contribution is 2.30. The highest BCUT2D eigenvalue weighted by molar-refractivity contribution is 6.02. The number of hydrogen-bond acceptors (Lipinski definition) is 6. The first-order chi connectivity index (χ1) is 21.9. The molecule has 2 aliphatic heterocycles. The average Bonchev–Trinajstić information content (AvgIpc) is 3.69.